The third-order valence-electron chi connectivity index (χ3n) is 1.74. The molecular formula is C9H18N2. The summed E-state index contributed by atoms with van der Waals surface area (Å²) in [6.45, 7) is 4.85. The Labute approximate surface area is 69.6 Å². The smallest absolute Gasteiger partial charge is 0.0843 e. The maximum atomic E-state index is 8.34. The van der Waals surface area contributed by atoms with Crippen LogP contribution in [0, 0.1) is 11.3 Å². The minimum Gasteiger partial charge on any atom is -0.302 e. The van der Waals surface area contributed by atoms with Crippen molar-refractivity contribution >= 4 is 0 Å². The van der Waals surface area contributed by atoms with Gasteiger partial charge >= 0.3 is 0 Å². The lowest BCUT2D eigenvalue weighted by Crippen LogP contribution is -2.28. The van der Waals surface area contributed by atoms with Crippen LogP contribution in [-0.2, 0) is 0 Å². The van der Waals surface area contributed by atoms with Crippen LogP contribution in [0.15, 0.2) is 0 Å². The van der Waals surface area contributed by atoms with Crippen molar-refractivity contribution < 1.29 is 0 Å². The molecule has 0 saturated heterocycles. The van der Waals surface area contributed by atoms with Crippen LogP contribution in [0.2, 0.25) is 0 Å². The summed E-state index contributed by atoms with van der Waals surface area (Å²) in [6, 6.07) is 2.66. The highest BCUT2D eigenvalue weighted by atomic mass is 14.9. The molecule has 2 nitrogen and oxygen atoms in total. The lowest BCUT2D eigenvalue weighted by Gasteiger charge is -2.14. The summed E-state index contributed by atoms with van der Waals surface area (Å²) in [7, 11) is 0. The monoisotopic (exact) mass is 154 g/mol. The van der Waals surface area contributed by atoms with Crippen molar-refractivity contribution in [3.8, 4) is 6.07 Å². The summed E-state index contributed by atoms with van der Waals surface area (Å²) in [5, 5.41) is 11.5. The molecule has 0 aliphatic carbocycles. The molecule has 11 heavy (non-hydrogen) atoms. The van der Waals surface area contributed by atoms with Crippen molar-refractivity contribution in [2.45, 2.75) is 45.6 Å². The first-order valence-electron chi connectivity index (χ1n) is 4.45. The van der Waals surface area contributed by atoms with Gasteiger partial charge < -0.3 is 5.32 Å². The van der Waals surface area contributed by atoms with Crippen molar-refractivity contribution in [3.63, 3.8) is 0 Å². The van der Waals surface area contributed by atoms with Crippen LogP contribution in [-0.4, -0.2) is 12.6 Å². The zero-order valence-electron chi connectivity index (χ0n) is 7.56. The zero-order valence-corrected chi connectivity index (χ0v) is 7.56. The fourth-order valence-electron chi connectivity index (χ4n) is 1.24. The third-order valence-corrected chi connectivity index (χ3v) is 1.74. The average molecular weight is 154 g/mol. The molecule has 0 bridgehead atoms. The predicted octanol–water partition coefficient (Wildman–Crippen LogP) is 2.07. The van der Waals surface area contributed by atoms with E-state index < -0.39 is 0 Å². The van der Waals surface area contributed by atoms with Gasteiger partial charge in [0.25, 0.3) is 0 Å². The molecule has 0 aromatic carbocycles. The van der Waals surface area contributed by atoms with Gasteiger partial charge in [0.15, 0.2) is 0 Å². The summed E-state index contributed by atoms with van der Waals surface area (Å²) in [5.41, 5.74) is 0. The van der Waals surface area contributed by atoms with Crippen LogP contribution in [0.25, 0.3) is 0 Å². The van der Waals surface area contributed by atoms with E-state index in [0.717, 1.165) is 0 Å². The van der Waals surface area contributed by atoms with Gasteiger partial charge in [-0.1, -0.05) is 26.7 Å². The van der Waals surface area contributed by atoms with Gasteiger partial charge in [0, 0.05) is 6.04 Å². The summed E-state index contributed by atoms with van der Waals surface area (Å²) < 4.78 is 0. The number of hydrogen-bond acceptors (Lipinski definition) is 2. The number of rotatable bonds is 6. The van der Waals surface area contributed by atoms with E-state index in [-0.39, 0.29) is 0 Å². The third kappa shape index (κ3) is 5.87. The Morgan fingerprint density at radius 1 is 1.27 bits per heavy atom. The van der Waals surface area contributed by atoms with Crippen LogP contribution >= 0.6 is 0 Å². The molecule has 64 valence electrons. The van der Waals surface area contributed by atoms with Gasteiger partial charge in [-0.2, -0.15) is 5.26 Å². The Bertz CT molecular complexity index is 109. The molecule has 0 amide bonds. The summed E-state index contributed by atoms with van der Waals surface area (Å²) in [6.07, 6.45) is 4.78. The number of nitrogens with zero attached hydrogens (tertiary/aromatic N) is 1. The Hall–Kier alpha value is -0.550. The van der Waals surface area contributed by atoms with E-state index in [1.54, 1.807) is 0 Å². The maximum absolute atomic E-state index is 8.34. The van der Waals surface area contributed by atoms with E-state index in [0.29, 0.717) is 12.6 Å². The molecule has 0 aromatic heterocycles. The van der Waals surface area contributed by atoms with Crippen LogP contribution < -0.4 is 5.32 Å². The molecule has 0 unspecified atom stereocenters. The highest BCUT2D eigenvalue weighted by Gasteiger charge is 2.03. The standard InChI is InChI=1S/C9H18N2/c1-3-5-9(6-4-2)11-8-7-10/h9,11H,3-6,8H2,1-2H3. The maximum Gasteiger partial charge on any atom is 0.0843 e. The quantitative estimate of drug-likeness (QED) is 0.594. The molecule has 0 spiro atoms. The highest BCUT2D eigenvalue weighted by Crippen LogP contribution is 2.03. The van der Waals surface area contributed by atoms with Crippen molar-refractivity contribution in [2.75, 3.05) is 6.54 Å². The van der Waals surface area contributed by atoms with Crippen LogP contribution in [0.1, 0.15) is 39.5 Å². The molecule has 0 rings (SSSR count). The normalized spacial score (nSPS) is 10.0. The van der Waals surface area contributed by atoms with Crippen LogP contribution in [0.3, 0.4) is 0 Å². The van der Waals surface area contributed by atoms with Gasteiger partial charge in [-0.3, -0.25) is 0 Å². The van der Waals surface area contributed by atoms with Gasteiger partial charge in [0.1, 0.15) is 0 Å². The van der Waals surface area contributed by atoms with Gasteiger partial charge in [-0.25, -0.2) is 0 Å². The first-order chi connectivity index (χ1) is 5.35. The van der Waals surface area contributed by atoms with E-state index in [1.165, 1.54) is 25.7 Å². The van der Waals surface area contributed by atoms with Crippen LogP contribution in [0.4, 0.5) is 0 Å². The summed E-state index contributed by atoms with van der Waals surface area (Å²) in [4.78, 5) is 0. The van der Waals surface area contributed by atoms with Gasteiger partial charge in [0.05, 0.1) is 12.6 Å². The molecule has 0 aliphatic rings. The van der Waals surface area contributed by atoms with Crippen LogP contribution in [0.5, 0.6) is 0 Å². The van der Waals surface area contributed by atoms with Gasteiger partial charge in [-0.05, 0) is 12.8 Å². The summed E-state index contributed by atoms with van der Waals surface area (Å²) in [5.74, 6) is 0. The Kier molecular flexibility index (Phi) is 7.18. The largest absolute Gasteiger partial charge is 0.302 e. The lowest BCUT2D eigenvalue weighted by atomic mass is 10.1. The molecule has 0 atom stereocenters. The molecule has 0 aromatic rings. The van der Waals surface area contributed by atoms with Crippen molar-refractivity contribution in [2.24, 2.45) is 0 Å². The number of nitrogens with one attached hydrogen (secondary N) is 1. The van der Waals surface area contributed by atoms with E-state index in [4.69, 9.17) is 5.26 Å². The minimum atomic E-state index is 0.491. The first-order valence-corrected chi connectivity index (χ1v) is 4.45. The fraction of sp³-hybridized carbons (Fsp3) is 0.889. The highest BCUT2D eigenvalue weighted by molar-refractivity contribution is 4.77. The molecular weight excluding hydrogens is 136 g/mol. The Balaban J connectivity index is 3.44. The molecule has 0 fully saturated rings. The van der Waals surface area contributed by atoms with Gasteiger partial charge in [0.2, 0.25) is 0 Å². The van der Waals surface area contributed by atoms with Crippen molar-refractivity contribution in [3.05, 3.63) is 0 Å². The molecule has 0 heterocycles. The molecule has 1 N–H and O–H groups in total. The SMILES string of the molecule is CCCC(CCC)NCC#N. The zero-order chi connectivity index (χ0) is 8.53. The minimum absolute atomic E-state index is 0.491. The van der Waals surface area contributed by atoms with Gasteiger partial charge in [-0.15, -0.1) is 0 Å². The fourth-order valence-corrected chi connectivity index (χ4v) is 1.24. The molecule has 0 aliphatic heterocycles. The molecule has 2 heteroatoms. The second kappa shape index (κ2) is 7.56. The second-order valence-electron chi connectivity index (χ2n) is 2.81. The molecule has 0 saturated carbocycles. The van der Waals surface area contributed by atoms with Crippen molar-refractivity contribution in [1.82, 2.24) is 5.32 Å². The second-order valence-corrected chi connectivity index (χ2v) is 2.81. The van der Waals surface area contributed by atoms with Crippen molar-refractivity contribution in [1.29, 1.82) is 5.26 Å². The Morgan fingerprint density at radius 2 is 1.82 bits per heavy atom. The Morgan fingerprint density at radius 3 is 2.18 bits per heavy atom. The average Bonchev–Trinajstić information content (AvgIpc) is 2.01. The van der Waals surface area contributed by atoms with E-state index in [9.17, 15) is 0 Å². The summed E-state index contributed by atoms with van der Waals surface area (Å²) >= 11 is 0. The lowest BCUT2D eigenvalue weighted by molar-refractivity contribution is 0.465. The van der Waals surface area contributed by atoms with E-state index in [1.807, 2.05) is 0 Å². The molecule has 0 radical (unpaired) electrons. The predicted molar refractivity (Wildman–Crippen MR) is 47.2 cm³/mol. The topological polar surface area (TPSA) is 35.8 Å². The number of hydrogen-bond donors (Lipinski definition) is 1. The first kappa shape index (κ1) is 10.4. The van der Waals surface area contributed by atoms with E-state index in [2.05, 4.69) is 25.2 Å². The van der Waals surface area contributed by atoms with E-state index >= 15 is 0 Å². The number of nitriles is 1.